The van der Waals surface area contributed by atoms with Gasteiger partial charge in [-0.05, 0) is 89.9 Å². The fraction of sp³-hybridized carbons (Fsp3) is 0.604. The van der Waals surface area contributed by atoms with Crippen LogP contribution in [0.4, 0.5) is 0 Å². The van der Waals surface area contributed by atoms with Crippen LogP contribution in [0.5, 0.6) is 0 Å². The van der Waals surface area contributed by atoms with Crippen molar-refractivity contribution in [3.05, 3.63) is 109 Å². The number of likely N-dealkylation sites (N-methyl/N-ethyl adjacent to an activating group) is 1. The zero-order valence-corrected chi connectivity index (χ0v) is 39.1. The van der Waals surface area contributed by atoms with Crippen molar-refractivity contribution in [1.29, 1.82) is 0 Å². The minimum atomic E-state index is -0.895. The van der Waals surface area contributed by atoms with E-state index in [0.717, 1.165) is 70.6 Å². The number of ether oxygens (including phenoxy) is 3. The zero-order valence-electron chi connectivity index (χ0n) is 39.1. The maximum atomic E-state index is 12.7. The standard InChI is InChI=1S/C53H85NO7/c1-6-8-10-12-14-16-18-20-22-24-25-26-28-29-31-33-35-37-39-41-43-51(55)60-48-49(47-59-46-45-50(53(57)58)54(3,4)5)61-52(56)44-42-40-38-36-34-32-30-27-23-21-19-17-15-13-11-9-7-2/h8,10,14,16,20-23,25-26,29-32,35-38,49-50H,6-7,9,11-13,15,17-19,24,27-28,33-34,39-48H2,1-5H3/p+1/b10-8+,16-14+,22-20+,23-21+,26-25+,31-29+,32-30+,37-35+,38-36+. The van der Waals surface area contributed by atoms with Crippen LogP contribution in [-0.4, -0.2) is 80.6 Å². The predicted molar refractivity (Wildman–Crippen MR) is 256 cm³/mol. The number of rotatable bonds is 40. The van der Waals surface area contributed by atoms with Crippen LogP contribution in [0.1, 0.15) is 155 Å². The van der Waals surface area contributed by atoms with E-state index in [1.807, 2.05) is 21.1 Å². The van der Waals surface area contributed by atoms with Gasteiger partial charge in [-0.1, -0.05) is 155 Å². The number of hydrogen-bond donors (Lipinski definition) is 1. The Hall–Kier alpha value is -4.01. The molecule has 2 unspecified atom stereocenters. The third-order valence-electron chi connectivity index (χ3n) is 9.66. The van der Waals surface area contributed by atoms with Crippen LogP contribution in [0.2, 0.25) is 0 Å². The van der Waals surface area contributed by atoms with Gasteiger partial charge in [0.05, 0.1) is 34.4 Å². The van der Waals surface area contributed by atoms with Crippen LogP contribution in [0, 0.1) is 0 Å². The summed E-state index contributed by atoms with van der Waals surface area (Å²) in [6.07, 6.45) is 58.7. The predicted octanol–water partition coefficient (Wildman–Crippen LogP) is 13.2. The van der Waals surface area contributed by atoms with Crippen LogP contribution in [0.3, 0.4) is 0 Å². The number of quaternary nitrogens is 1. The van der Waals surface area contributed by atoms with E-state index < -0.39 is 18.1 Å². The highest BCUT2D eigenvalue weighted by Gasteiger charge is 2.31. The molecule has 61 heavy (non-hydrogen) atoms. The van der Waals surface area contributed by atoms with Gasteiger partial charge < -0.3 is 23.8 Å². The summed E-state index contributed by atoms with van der Waals surface area (Å²) in [5.41, 5.74) is 0. The summed E-state index contributed by atoms with van der Waals surface area (Å²) in [6, 6.07) is -0.639. The molecule has 0 rings (SSSR count). The van der Waals surface area contributed by atoms with Crippen molar-refractivity contribution in [1.82, 2.24) is 0 Å². The van der Waals surface area contributed by atoms with E-state index in [4.69, 9.17) is 14.2 Å². The lowest BCUT2D eigenvalue weighted by Crippen LogP contribution is -2.50. The molecule has 0 spiro atoms. The molecule has 0 radical (unpaired) electrons. The number of aliphatic carboxylic acids is 1. The van der Waals surface area contributed by atoms with Crippen LogP contribution in [0.15, 0.2) is 109 Å². The molecule has 0 aliphatic carbocycles. The number of carbonyl (C=O) groups excluding carboxylic acids is 2. The first-order chi connectivity index (χ1) is 29.6. The smallest absolute Gasteiger partial charge is 0.362 e. The van der Waals surface area contributed by atoms with E-state index in [2.05, 4.69) is 123 Å². The minimum Gasteiger partial charge on any atom is -0.477 e. The van der Waals surface area contributed by atoms with E-state index in [1.165, 1.54) is 38.5 Å². The molecule has 0 aliphatic heterocycles. The fourth-order valence-corrected chi connectivity index (χ4v) is 6.06. The van der Waals surface area contributed by atoms with E-state index in [1.54, 1.807) is 0 Å². The Morgan fingerprint density at radius 2 is 0.918 bits per heavy atom. The first kappa shape index (κ1) is 57.0. The fourth-order valence-electron chi connectivity index (χ4n) is 6.06. The second-order valence-electron chi connectivity index (χ2n) is 16.3. The molecule has 0 aromatic rings. The van der Waals surface area contributed by atoms with E-state index >= 15 is 0 Å². The highest BCUT2D eigenvalue weighted by Crippen LogP contribution is 2.11. The van der Waals surface area contributed by atoms with Crippen LogP contribution < -0.4 is 0 Å². The third-order valence-corrected chi connectivity index (χ3v) is 9.66. The molecule has 2 atom stereocenters. The lowest BCUT2D eigenvalue weighted by atomic mass is 10.1. The third kappa shape index (κ3) is 41.1. The van der Waals surface area contributed by atoms with Crippen molar-refractivity contribution < 1.29 is 38.2 Å². The summed E-state index contributed by atoms with van der Waals surface area (Å²) in [7, 11) is 5.48. The molecule has 0 bridgehead atoms. The monoisotopic (exact) mass is 849 g/mol. The Morgan fingerprint density at radius 3 is 1.36 bits per heavy atom. The first-order valence-electron chi connectivity index (χ1n) is 23.4. The highest BCUT2D eigenvalue weighted by molar-refractivity contribution is 5.72. The molecule has 0 aliphatic rings. The van der Waals surface area contributed by atoms with Gasteiger partial charge in [0.2, 0.25) is 0 Å². The van der Waals surface area contributed by atoms with Crippen LogP contribution in [-0.2, 0) is 28.6 Å². The summed E-state index contributed by atoms with van der Waals surface area (Å²) >= 11 is 0. The van der Waals surface area contributed by atoms with Crippen molar-refractivity contribution in [2.24, 2.45) is 0 Å². The van der Waals surface area contributed by atoms with E-state index in [0.29, 0.717) is 19.3 Å². The molecule has 8 nitrogen and oxygen atoms in total. The van der Waals surface area contributed by atoms with Crippen LogP contribution in [0.25, 0.3) is 0 Å². The van der Waals surface area contributed by atoms with Gasteiger partial charge in [0.25, 0.3) is 0 Å². The summed E-state index contributed by atoms with van der Waals surface area (Å²) in [5, 5.41) is 9.63. The van der Waals surface area contributed by atoms with Gasteiger partial charge >= 0.3 is 17.9 Å². The van der Waals surface area contributed by atoms with Crippen molar-refractivity contribution in [3.63, 3.8) is 0 Å². The number of carboxylic acid groups (broad SMARTS) is 1. The number of allylic oxidation sites excluding steroid dienone is 18. The average Bonchev–Trinajstić information content (AvgIpc) is 3.22. The van der Waals surface area contributed by atoms with Gasteiger partial charge in [-0.15, -0.1) is 0 Å². The summed E-state index contributed by atoms with van der Waals surface area (Å²) < 4.78 is 17.2. The van der Waals surface area contributed by atoms with Crippen LogP contribution >= 0.6 is 0 Å². The van der Waals surface area contributed by atoms with Gasteiger partial charge in [-0.25, -0.2) is 4.79 Å². The second-order valence-corrected chi connectivity index (χ2v) is 16.3. The molecule has 0 amide bonds. The summed E-state index contributed by atoms with van der Waals surface area (Å²) in [6.45, 7) is 4.48. The molecular formula is C53H86NO7+. The number of hydrogen-bond acceptors (Lipinski definition) is 6. The van der Waals surface area contributed by atoms with Gasteiger partial charge in [-0.2, -0.15) is 0 Å². The normalized spacial score (nSPS) is 13.9. The second kappa shape index (κ2) is 42.7. The molecule has 0 fully saturated rings. The Bertz CT molecular complexity index is 1360. The van der Waals surface area contributed by atoms with Gasteiger partial charge in [0.15, 0.2) is 12.1 Å². The van der Waals surface area contributed by atoms with Gasteiger partial charge in [0, 0.05) is 19.3 Å². The molecule has 0 saturated carbocycles. The topological polar surface area (TPSA) is 99.1 Å². The van der Waals surface area contributed by atoms with Crippen molar-refractivity contribution in [2.45, 2.75) is 167 Å². The average molecular weight is 849 g/mol. The maximum absolute atomic E-state index is 12.7. The van der Waals surface area contributed by atoms with Crippen molar-refractivity contribution >= 4 is 17.9 Å². The Balaban J connectivity index is 4.52. The van der Waals surface area contributed by atoms with Gasteiger partial charge in [0.1, 0.15) is 6.61 Å². The highest BCUT2D eigenvalue weighted by atomic mass is 16.6. The zero-order chi connectivity index (χ0) is 44.9. The number of carboxylic acids is 1. The lowest BCUT2D eigenvalue weighted by Gasteiger charge is -2.31. The number of unbranched alkanes of at least 4 members (excludes halogenated alkanes) is 8. The van der Waals surface area contributed by atoms with E-state index in [9.17, 15) is 19.5 Å². The summed E-state index contributed by atoms with van der Waals surface area (Å²) in [5.74, 6) is -1.63. The SMILES string of the molecule is CC/C=C/C/C=C/C/C=C/C/C=C/C/C=C/C/C=C/CCCC(=O)OCC(COCCC(C(=O)O)[N+](C)(C)C)OC(=O)CCC/C=C/C/C=C/C/C=C/CCCCCCCC. The Kier molecular flexibility index (Phi) is 39.9. The molecule has 0 saturated heterocycles. The Labute approximate surface area is 372 Å². The largest absolute Gasteiger partial charge is 0.477 e. The molecule has 0 aromatic carbocycles. The molecule has 8 heteroatoms. The van der Waals surface area contributed by atoms with E-state index in [-0.39, 0.29) is 49.1 Å². The quantitative estimate of drug-likeness (QED) is 0.0284. The lowest BCUT2D eigenvalue weighted by molar-refractivity contribution is -0.887. The van der Waals surface area contributed by atoms with Crippen molar-refractivity contribution in [2.75, 3.05) is 41.0 Å². The molecular weight excluding hydrogens is 763 g/mol. The molecule has 0 heterocycles. The molecule has 344 valence electrons. The summed E-state index contributed by atoms with van der Waals surface area (Å²) in [4.78, 5) is 37.0. The minimum absolute atomic E-state index is 0.0154. The maximum Gasteiger partial charge on any atom is 0.362 e. The van der Waals surface area contributed by atoms with Gasteiger partial charge in [-0.3, -0.25) is 9.59 Å². The number of nitrogens with zero attached hydrogens (tertiary/aromatic N) is 1. The number of esters is 2. The van der Waals surface area contributed by atoms with Crippen molar-refractivity contribution in [3.8, 4) is 0 Å². The molecule has 1 N–H and O–H groups in total. The first-order valence-corrected chi connectivity index (χ1v) is 23.4. The number of carbonyl (C=O) groups is 3. The molecule has 0 aromatic heterocycles. The Morgan fingerprint density at radius 1 is 0.508 bits per heavy atom.